The molecule has 0 saturated heterocycles. The summed E-state index contributed by atoms with van der Waals surface area (Å²) in [6.45, 7) is 1.86. The highest BCUT2D eigenvalue weighted by Gasteiger charge is 2.08. The molecule has 1 heterocycles. The van der Waals surface area contributed by atoms with Crippen LogP contribution in [0.2, 0.25) is 0 Å². The number of halogens is 1. The van der Waals surface area contributed by atoms with Gasteiger partial charge in [0.15, 0.2) is 0 Å². The lowest BCUT2D eigenvalue weighted by atomic mass is 10.4. The standard InChI is InChI=1S/C9H16BrN5/c1-14(2)4-5-15(3)8-7(10)6-12-9(11)13-8/h6H,4-5H2,1-3H3,(H2,11,12,13). The Balaban J connectivity index is 2.72. The van der Waals surface area contributed by atoms with Crippen molar-refractivity contribution in [2.45, 2.75) is 0 Å². The van der Waals surface area contributed by atoms with Gasteiger partial charge in [-0.3, -0.25) is 0 Å². The van der Waals surface area contributed by atoms with E-state index >= 15 is 0 Å². The van der Waals surface area contributed by atoms with Crippen LogP contribution in [0, 0.1) is 0 Å². The third kappa shape index (κ3) is 3.64. The molecule has 15 heavy (non-hydrogen) atoms. The van der Waals surface area contributed by atoms with E-state index in [1.807, 2.05) is 26.0 Å². The Morgan fingerprint density at radius 1 is 1.33 bits per heavy atom. The first-order chi connectivity index (χ1) is 7.00. The predicted octanol–water partition coefficient (Wildman–Crippen LogP) is 0.819. The second kappa shape index (κ2) is 5.27. The largest absolute Gasteiger partial charge is 0.368 e. The van der Waals surface area contributed by atoms with Crippen molar-refractivity contribution in [3.63, 3.8) is 0 Å². The number of anilines is 2. The highest BCUT2D eigenvalue weighted by atomic mass is 79.9. The summed E-state index contributed by atoms with van der Waals surface area (Å²) in [5.41, 5.74) is 5.54. The molecular formula is C9H16BrN5. The van der Waals surface area contributed by atoms with Crippen molar-refractivity contribution in [2.75, 3.05) is 44.9 Å². The fourth-order valence-electron chi connectivity index (χ4n) is 1.09. The first kappa shape index (κ1) is 12.2. The molecule has 1 aromatic heterocycles. The van der Waals surface area contributed by atoms with Crippen LogP contribution in [0.3, 0.4) is 0 Å². The minimum absolute atomic E-state index is 0.296. The maximum absolute atomic E-state index is 5.54. The van der Waals surface area contributed by atoms with Crippen molar-refractivity contribution in [2.24, 2.45) is 0 Å². The highest BCUT2D eigenvalue weighted by Crippen LogP contribution is 2.22. The van der Waals surface area contributed by atoms with Gasteiger partial charge in [0.25, 0.3) is 0 Å². The SMILES string of the molecule is CN(C)CCN(C)c1nc(N)ncc1Br. The molecule has 0 aliphatic carbocycles. The number of rotatable bonds is 4. The van der Waals surface area contributed by atoms with Crippen molar-refractivity contribution in [3.8, 4) is 0 Å². The maximum Gasteiger partial charge on any atom is 0.222 e. The summed E-state index contributed by atoms with van der Waals surface area (Å²) in [5.74, 6) is 1.12. The first-order valence-electron chi connectivity index (χ1n) is 4.64. The number of hydrogen-bond acceptors (Lipinski definition) is 5. The van der Waals surface area contributed by atoms with Crippen LogP contribution in [0.1, 0.15) is 0 Å². The molecule has 5 nitrogen and oxygen atoms in total. The second-order valence-corrected chi connectivity index (χ2v) is 4.48. The zero-order chi connectivity index (χ0) is 11.4. The minimum Gasteiger partial charge on any atom is -0.368 e. The summed E-state index contributed by atoms with van der Waals surface area (Å²) in [6.07, 6.45) is 1.67. The molecule has 0 aliphatic heterocycles. The van der Waals surface area contributed by atoms with Crippen LogP contribution < -0.4 is 10.6 Å². The van der Waals surface area contributed by atoms with Crippen LogP contribution >= 0.6 is 15.9 Å². The van der Waals surface area contributed by atoms with Gasteiger partial charge in [-0.2, -0.15) is 4.98 Å². The molecule has 0 atom stereocenters. The molecule has 0 radical (unpaired) electrons. The Morgan fingerprint density at radius 2 is 2.00 bits per heavy atom. The highest BCUT2D eigenvalue weighted by molar-refractivity contribution is 9.10. The molecule has 0 saturated carbocycles. The molecule has 0 spiro atoms. The van der Waals surface area contributed by atoms with Gasteiger partial charge in [0.05, 0.1) is 4.47 Å². The van der Waals surface area contributed by atoms with Gasteiger partial charge < -0.3 is 15.5 Å². The van der Waals surface area contributed by atoms with E-state index in [0.29, 0.717) is 5.95 Å². The number of likely N-dealkylation sites (N-methyl/N-ethyl adjacent to an activating group) is 2. The van der Waals surface area contributed by atoms with Crippen LogP contribution in [0.25, 0.3) is 0 Å². The molecule has 0 fully saturated rings. The fraction of sp³-hybridized carbons (Fsp3) is 0.556. The Hall–Kier alpha value is -0.880. The predicted molar refractivity (Wildman–Crippen MR) is 66.0 cm³/mol. The Labute approximate surface area is 98.4 Å². The van der Waals surface area contributed by atoms with Gasteiger partial charge in [-0.25, -0.2) is 4.98 Å². The minimum atomic E-state index is 0.296. The number of hydrogen-bond donors (Lipinski definition) is 1. The van der Waals surface area contributed by atoms with Gasteiger partial charge in [0, 0.05) is 26.3 Å². The summed E-state index contributed by atoms with van der Waals surface area (Å²) in [6, 6.07) is 0. The van der Waals surface area contributed by atoms with Crippen LogP contribution in [0.15, 0.2) is 10.7 Å². The summed E-state index contributed by atoms with van der Waals surface area (Å²) in [7, 11) is 6.06. The number of nitrogens with two attached hydrogens (primary N) is 1. The second-order valence-electron chi connectivity index (χ2n) is 3.62. The van der Waals surface area contributed by atoms with Gasteiger partial charge in [-0.05, 0) is 30.0 Å². The third-order valence-corrected chi connectivity index (χ3v) is 2.55. The van der Waals surface area contributed by atoms with Crippen LogP contribution in [-0.2, 0) is 0 Å². The number of aromatic nitrogens is 2. The van der Waals surface area contributed by atoms with Gasteiger partial charge in [-0.1, -0.05) is 0 Å². The average Bonchev–Trinajstić information content (AvgIpc) is 2.18. The normalized spacial score (nSPS) is 10.7. The molecule has 84 valence electrons. The quantitative estimate of drug-likeness (QED) is 0.880. The zero-order valence-corrected chi connectivity index (χ0v) is 10.8. The summed E-state index contributed by atoms with van der Waals surface area (Å²) < 4.78 is 0.859. The Kier molecular flexibility index (Phi) is 4.28. The van der Waals surface area contributed by atoms with Crippen molar-refractivity contribution in [1.82, 2.24) is 14.9 Å². The van der Waals surface area contributed by atoms with E-state index in [-0.39, 0.29) is 0 Å². The lowest BCUT2D eigenvalue weighted by Gasteiger charge is -2.21. The van der Waals surface area contributed by atoms with Crippen LogP contribution in [-0.4, -0.2) is 49.1 Å². The van der Waals surface area contributed by atoms with Gasteiger partial charge in [0.1, 0.15) is 5.82 Å². The smallest absolute Gasteiger partial charge is 0.222 e. The molecule has 0 aliphatic rings. The number of nitrogen functional groups attached to an aromatic ring is 1. The van der Waals surface area contributed by atoms with Crippen molar-refractivity contribution in [3.05, 3.63) is 10.7 Å². The molecule has 0 unspecified atom stereocenters. The molecule has 0 amide bonds. The van der Waals surface area contributed by atoms with E-state index < -0.39 is 0 Å². The summed E-state index contributed by atoms with van der Waals surface area (Å²) >= 11 is 3.40. The third-order valence-electron chi connectivity index (χ3n) is 1.99. The van der Waals surface area contributed by atoms with E-state index in [0.717, 1.165) is 23.4 Å². The van der Waals surface area contributed by atoms with Crippen molar-refractivity contribution in [1.29, 1.82) is 0 Å². The maximum atomic E-state index is 5.54. The van der Waals surface area contributed by atoms with Gasteiger partial charge >= 0.3 is 0 Å². The van der Waals surface area contributed by atoms with Gasteiger partial charge in [0.2, 0.25) is 5.95 Å². The van der Waals surface area contributed by atoms with Crippen LogP contribution in [0.5, 0.6) is 0 Å². The molecular weight excluding hydrogens is 258 g/mol. The molecule has 2 N–H and O–H groups in total. The molecule has 1 aromatic rings. The molecule has 1 rings (SSSR count). The van der Waals surface area contributed by atoms with E-state index in [1.165, 1.54) is 0 Å². The Bertz CT molecular complexity index is 328. The summed E-state index contributed by atoms with van der Waals surface area (Å²) in [5, 5.41) is 0. The van der Waals surface area contributed by atoms with E-state index in [9.17, 15) is 0 Å². The van der Waals surface area contributed by atoms with E-state index in [1.54, 1.807) is 6.20 Å². The van der Waals surface area contributed by atoms with E-state index in [2.05, 4.69) is 30.8 Å². The van der Waals surface area contributed by atoms with Crippen molar-refractivity contribution >= 4 is 27.7 Å². The van der Waals surface area contributed by atoms with E-state index in [4.69, 9.17) is 5.73 Å². The lowest BCUT2D eigenvalue weighted by Crippen LogP contribution is -2.29. The molecule has 6 heteroatoms. The zero-order valence-electron chi connectivity index (χ0n) is 9.24. The van der Waals surface area contributed by atoms with Crippen LogP contribution in [0.4, 0.5) is 11.8 Å². The van der Waals surface area contributed by atoms with Gasteiger partial charge in [-0.15, -0.1) is 0 Å². The topological polar surface area (TPSA) is 58.3 Å². The summed E-state index contributed by atoms with van der Waals surface area (Å²) in [4.78, 5) is 12.2. The monoisotopic (exact) mass is 273 g/mol. The number of nitrogens with zero attached hydrogens (tertiary/aromatic N) is 4. The van der Waals surface area contributed by atoms with Crippen molar-refractivity contribution < 1.29 is 0 Å². The molecule has 0 aromatic carbocycles. The fourth-order valence-corrected chi connectivity index (χ4v) is 1.59. The Morgan fingerprint density at radius 3 is 2.60 bits per heavy atom. The molecule has 0 bridgehead atoms. The lowest BCUT2D eigenvalue weighted by molar-refractivity contribution is 0.416. The average molecular weight is 274 g/mol. The first-order valence-corrected chi connectivity index (χ1v) is 5.44.